The summed E-state index contributed by atoms with van der Waals surface area (Å²) in [5, 5.41) is 2.30. The van der Waals surface area contributed by atoms with Gasteiger partial charge in [0.2, 0.25) is 0 Å². The Bertz CT molecular complexity index is 446. The number of thiazole rings is 1. The van der Waals surface area contributed by atoms with Crippen LogP contribution in [0.5, 0.6) is 0 Å². The van der Waals surface area contributed by atoms with Crippen molar-refractivity contribution in [2.24, 2.45) is 0 Å². The molecule has 1 aliphatic rings. The number of nitrogens with one attached hydrogen (secondary N) is 1. The molecule has 1 aromatic heterocycles. The van der Waals surface area contributed by atoms with E-state index in [2.05, 4.69) is 10.3 Å². The fraction of sp³-hybridized carbons (Fsp3) is 0.700. The quantitative estimate of drug-likeness (QED) is 0.861. The van der Waals surface area contributed by atoms with Gasteiger partial charge in [0, 0.05) is 12.6 Å². The molecule has 0 spiro atoms. The predicted molar refractivity (Wildman–Crippen MR) is 56.7 cm³/mol. The molecule has 19 heavy (non-hydrogen) atoms. The number of halogens is 6. The molecular weight excluding hydrogens is 294 g/mol. The average Bonchev–Trinajstić information content (AvgIpc) is 2.94. The van der Waals surface area contributed by atoms with Crippen LogP contribution < -0.4 is 5.32 Å². The van der Waals surface area contributed by atoms with Crippen molar-refractivity contribution in [2.75, 3.05) is 0 Å². The summed E-state index contributed by atoms with van der Waals surface area (Å²) in [7, 11) is 0. The Morgan fingerprint density at radius 3 is 2.26 bits per heavy atom. The fourth-order valence-corrected chi connectivity index (χ4v) is 2.58. The zero-order valence-corrected chi connectivity index (χ0v) is 10.3. The van der Waals surface area contributed by atoms with E-state index in [1.165, 1.54) is 0 Å². The molecule has 2 nitrogen and oxygen atoms in total. The molecule has 0 aromatic carbocycles. The molecule has 1 saturated carbocycles. The van der Waals surface area contributed by atoms with Crippen molar-refractivity contribution in [3.05, 3.63) is 15.6 Å². The maximum Gasteiger partial charge on any atom is 0.434 e. The molecule has 1 N–H and O–H groups in total. The third kappa shape index (κ3) is 4.34. The molecule has 108 valence electrons. The monoisotopic (exact) mass is 304 g/mol. The van der Waals surface area contributed by atoms with E-state index < -0.39 is 29.5 Å². The van der Waals surface area contributed by atoms with E-state index in [1.807, 2.05) is 0 Å². The van der Waals surface area contributed by atoms with Gasteiger partial charge in [-0.15, -0.1) is 11.3 Å². The van der Waals surface area contributed by atoms with Crippen molar-refractivity contribution in [1.29, 1.82) is 0 Å². The van der Waals surface area contributed by atoms with Gasteiger partial charge in [0.15, 0.2) is 5.69 Å². The Morgan fingerprint density at radius 1 is 1.16 bits per heavy atom. The van der Waals surface area contributed by atoms with E-state index in [-0.39, 0.29) is 17.5 Å². The molecule has 0 unspecified atom stereocenters. The van der Waals surface area contributed by atoms with E-state index in [0.29, 0.717) is 11.3 Å². The number of hydrogen-bond acceptors (Lipinski definition) is 3. The zero-order valence-electron chi connectivity index (χ0n) is 9.53. The van der Waals surface area contributed by atoms with Crippen LogP contribution in [-0.2, 0) is 19.1 Å². The molecule has 9 heteroatoms. The highest BCUT2D eigenvalue weighted by atomic mass is 32.1. The van der Waals surface area contributed by atoms with Gasteiger partial charge >= 0.3 is 12.4 Å². The first-order chi connectivity index (χ1) is 8.65. The first-order valence-corrected chi connectivity index (χ1v) is 6.33. The molecule has 0 bridgehead atoms. The van der Waals surface area contributed by atoms with Crippen LogP contribution >= 0.6 is 11.3 Å². The lowest BCUT2D eigenvalue weighted by molar-refractivity contribution is -0.142. The van der Waals surface area contributed by atoms with Crippen LogP contribution in [0.4, 0.5) is 26.3 Å². The maximum absolute atomic E-state index is 12.7. The highest BCUT2D eigenvalue weighted by Gasteiger charge is 2.39. The third-order valence-corrected chi connectivity index (χ3v) is 3.55. The molecule has 0 saturated heterocycles. The number of rotatable bonds is 4. The van der Waals surface area contributed by atoms with Crippen LogP contribution in [0, 0.1) is 0 Å². The molecule has 0 atom stereocenters. The van der Waals surface area contributed by atoms with Gasteiger partial charge in [-0.3, -0.25) is 0 Å². The van der Waals surface area contributed by atoms with Gasteiger partial charge in [-0.25, -0.2) is 4.98 Å². The van der Waals surface area contributed by atoms with Crippen molar-refractivity contribution >= 4 is 11.3 Å². The number of alkyl halides is 6. The molecule has 2 rings (SSSR count). The minimum absolute atomic E-state index is 0.0883. The molecule has 1 aliphatic carbocycles. The second-order valence-electron chi connectivity index (χ2n) is 4.32. The predicted octanol–water partition coefficient (Wildman–Crippen LogP) is 3.52. The highest BCUT2D eigenvalue weighted by molar-refractivity contribution is 7.11. The van der Waals surface area contributed by atoms with Crippen LogP contribution in [0.25, 0.3) is 0 Å². The molecule has 1 fully saturated rings. The summed E-state index contributed by atoms with van der Waals surface area (Å²) >= 11 is 0.469. The Labute approximate surface area is 108 Å². The number of nitrogens with zero attached hydrogens (tertiary/aromatic N) is 1. The summed E-state index contributed by atoms with van der Waals surface area (Å²) in [5.74, 6) is 0. The fourth-order valence-electron chi connectivity index (χ4n) is 1.51. The van der Waals surface area contributed by atoms with Crippen molar-refractivity contribution < 1.29 is 26.3 Å². The SMILES string of the molecule is FC(F)(F)Cc1nc(C(F)(F)F)c(CNC2CC2)s1. The van der Waals surface area contributed by atoms with Crippen LogP contribution in [0.3, 0.4) is 0 Å². The second-order valence-corrected chi connectivity index (χ2v) is 5.49. The van der Waals surface area contributed by atoms with Gasteiger partial charge in [-0.05, 0) is 12.8 Å². The Kier molecular flexibility index (Phi) is 3.78. The van der Waals surface area contributed by atoms with Gasteiger partial charge in [-0.2, -0.15) is 26.3 Å². The highest BCUT2D eigenvalue weighted by Crippen LogP contribution is 2.36. The topological polar surface area (TPSA) is 24.9 Å². The summed E-state index contributed by atoms with van der Waals surface area (Å²) in [6.07, 6.45) is -8.93. The van der Waals surface area contributed by atoms with Crippen molar-refractivity contribution in [3.8, 4) is 0 Å². The van der Waals surface area contributed by atoms with Crippen molar-refractivity contribution in [3.63, 3.8) is 0 Å². The summed E-state index contributed by atoms with van der Waals surface area (Å²) in [6, 6.07) is 0.175. The maximum atomic E-state index is 12.7. The minimum atomic E-state index is -4.72. The summed E-state index contributed by atoms with van der Waals surface area (Å²) < 4.78 is 74.5. The Hall–Kier alpha value is -0.830. The third-order valence-electron chi connectivity index (χ3n) is 2.49. The second kappa shape index (κ2) is 4.93. The lowest BCUT2D eigenvalue weighted by Crippen LogP contribution is -2.18. The van der Waals surface area contributed by atoms with Crippen LogP contribution in [0.2, 0.25) is 0 Å². The number of aromatic nitrogens is 1. The Balaban J connectivity index is 2.17. The summed E-state index contributed by atoms with van der Waals surface area (Å²) in [6.45, 7) is -0.0883. The molecular formula is C10H10F6N2S. The largest absolute Gasteiger partial charge is 0.434 e. The van der Waals surface area contributed by atoms with Crippen molar-refractivity contribution in [1.82, 2.24) is 10.3 Å². The summed E-state index contributed by atoms with van der Waals surface area (Å²) in [4.78, 5) is 2.92. The lowest BCUT2D eigenvalue weighted by Gasteiger charge is -2.06. The van der Waals surface area contributed by atoms with Crippen LogP contribution in [0.15, 0.2) is 0 Å². The van der Waals surface area contributed by atoms with Crippen LogP contribution in [-0.4, -0.2) is 17.2 Å². The van der Waals surface area contributed by atoms with Crippen molar-refractivity contribution in [2.45, 2.75) is 44.2 Å². The van der Waals surface area contributed by atoms with E-state index >= 15 is 0 Å². The van der Waals surface area contributed by atoms with E-state index in [9.17, 15) is 26.3 Å². The smallest absolute Gasteiger partial charge is 0.309 e. The van der Waals surface area contributed by atoms with Gasteiger partial charge in [-0.1, -0.05) is 0 Å². The normalized spacial score (nSPS) is 16.9. The molecule has 0 amide bonds. The number of hydrogen-bond donors (Lipinski definition) is 1. The van der Waals surface area contributed by atoms with Gasteiger partial charge < -0.3 is 5.32 Å². The minimum Gasteiger partial charge on any atom is -0.309 e. The standard InChI is InChI=1S/C10H10F6N2S/c11-9(12,13)3-7-18-8(10(14,15)16)6(19-7)4-17-5-1-2-5/h5,17H,1-4H2. The average molecular weight is 304 g/mol. The lowest BCUT2D eigenvalue weighted by atomic mass is 10.3. The van der Waals surface area contributed by atoms with Gasteiger partial charge in [0.25, 0.3) is 0 Å². The molecule has 1 aromatic rings. The van der Waals surface area contributed by atoms with Gasteiger partial charge in [0.05, 0.1) is 11.3 Å². The van der Waals surface area contributed by atoms with E-state index in [1.54, 1.807) is 0 Å². The Morgan fingerprint density at radius 2 is 1.79 bits per heavy atom. The first-order valence-electron chi connectivity index (χ1n) is 5.51. The zero-order chi connectivity index (χ0) is 14.3. The van der Waals surface area contributed by atoms with E-state index in [4.69, 9.17) is 0 Å². The summed E-state index contributed by atoms with van der Waals surface area (Å²) in [5.41, 5.74) is -1.20. The molecule has 1 heterocycles. The molecule has 0 radical (unpaired) electrons. The van der Waals surface area contributed by atoms with E-state index in [0.717, 1.165) is 12.8 Å². The first kappa shape index (κ1) is 14.6. The van der Waals surface area contributed by atoms with Crippen LogP contribution in [0.1, 0.15) is 28.4 Å². The van der Waals surface area contributed by atoms with Gasteiger partial charge in [0.1, 0.15) is 5.01 Å². The molecule has 0 aliphatic heterocycles.